The van der Waals surface area contributed by atoms with E-state index in [1.165, 1.54) is 6.92 Å². The van der Waals surface area contributed by atoms with E-state index in [-0.39, 0.29) is 19.3 Å². The van der Waals surface area contributed by atoms with E-state index in [1.54, 1.807) is 6.92 Å². The van der Waals surface area contributed by atoms with Crippen molar-refractivity contribution in [2.45, 2.75) is 74.0 Å². The van der Waals surface area contributed by atoms with Gasteiger partial charge in [0.2, 0.25) is 5.91 Å². The van der Waals surface area contributed by atoms with Crippen molar-refractivity contribution in [3.05, 3.63) is 0 Å². The quantitative estimate of drug-likeness (QED) is 0.470. The van der Waals surface area contributed by atoms with E-state index in [2.05, 4.69) is 5.32 Å². The van der Waals surface area contributed by atoms with Crippen molar-refractivity contribution < 1.29 is 48.0 Å². The van der Waals surface area contributed by atoms with E-state index in [0.717, 1.165) is 0 Å². The third-order valence-electron chi connectivity index (χ3n) is 5.06. The molecule has 0 radical (unpaired) electrons. The molecule has 0 aromatic heterocycles. The summed E-state index contributed by atoms with van der Waals surface area (Å²) in [5, 5.41) is 2.28. The van der Waals surface area contributed by atoms with Gasteiger partial charge in [-0.2, -0.15) is 26.3 Å². The Morgan fingerprint density at radius 3 is 1.79 bits per heavy atom. The van der Waals surface area contributed by atoms with Crippen LogP contribution in [0.25, 0.3) is 0 Å². The fourth-order valence-electron chi connectivity index (χ4n) is 3.24. The summed E-state index contributed by atoms with van der Waals surface area (Å²) < 4.78 is 123. The van der Waals surface area contributed by atoms with Crippen molar-refractivity contribution in [1.29, 1.82) is 0 Å². The smallest absolute Gasteiger partial charge is 0.353 e. The van der Waals surface area contributed by atoms with Gasteiger partial charge >= 0.3 is 11.0 Å². The molecule has 14 heteroatoms. The van der Waals surface area contributed by atoms with Crippen molar-refractivity contribution >= 4 is 25.6 Å². The molecule has 0 bridgehead atoms. The minimum absolute atomic E-state index is 0.0254. The lowest BCUT2D eigenvalue weighted by Gasteiger charge is -2.33. The van der Waals surface area contributed by atoms with Crippen molar-refractivity contribution in [3.63, 3.8) is 0 Å². The SMILES string of the molecule is CCC(C)C(=O)NC1CCCCCC1C(S(=O)(=O)C(F)(F)F)S(=O)(=O)C(F)(F)F. The van der Waals surface area contributed by atoms with Gasteiger partial charge in [0.25, 0.3) is 19.7 Å². The number of sulfone groups is 2. The molecule has 29 heavy (non-hydrogen) atoms. The van der Waals surface area contributed by atoms with Crippen molar-refractivity contribution in [1.82, 2.24) is 5.32 Å². The molecular formula is C15H23F6NO5S2. The summed E-state index contributed by atoms with van der Waals surface area (Å²) in [4.78, 5) is 12.2. The van der Waals surface area contributed by atoms with Gasteiger partial charge in [0.05, 0.1) is 0 Å². The molecule has 3 unspecified atom stereocenters. The highest BCUT2D eigenvalue weighted by Gasteiger charge is 2.65. The van der Waals surface area contributed by atoms with E-state index < -0.39 is 65.5 Å². The summed E-state index contributed by atoms with van der Waals surface area (Å²) in [6.07, 6.45) is 0.306. The molecule has 6 nitrogen and oxygen atoms in total. The summed E-state index contributed by atoms with van der Waals surface area (Å²) in [6.45, 7) is 3.09. The van der Waals surface area contributed by atoms with E-state index >= 15 is 0 Å². The third kappa shape index (κ3) is 5.56. The number of halogens is 6. The van der Waals surface area contributed by atoms with Crippen molar-refractivity contribution in [3.8, 4) is 0 Å². The Bertz CT molecular complexity index is 747. The number of hydrogen-bond acceptors (Lipinski definition) is 5. The number of carbonyl (C=O) groups is 1. The molecule has 1 rings (SSSR count). The van der Waals surface area contributed by atoms with E-state index in [9.17, 15) is 48.0 Å². The fraction of sp³-hybridized carbons (Fsp3) is 0.933. The number of rotatable bonds is 6. The molecule has 172 valence electrons. The Hall–Kier alpha value is -1.05. The lowest BCUT2D eigenvalue weighted by Crippen LogP contribution is -2.55. The first-order chi connectivity index (χ1) is 13.0. The zero-order chi connectivity index (χ0) is 22.8. The van der Waals surface area contributed by atoms with Crippen LogP contribution in [0.3, 0.4) is 0 Å². The van der Waals surface area contributed by atoms with Gasteiger partial charge < -0.3 is 5.32 Å². The molecule has 1 N–H and O–H groups in total. The van der Waals surface area contributed by atoms with E-state index in [0.29, 0.717) is 12.8 Å². The zero-order valence-electron chi connectivity index (χ0n) is 15.7. The van der Waals surface area contributed by atoms with Gasteiger partial charge in [-0.15, -0.1) is 0 Å². The first-order valence-electron chi connectivity index (χ1n) is 8.89. The van der Waals surface area contributed by atoms with Gasteiger partial charge in [-0.05, 0) is 19.3 Å². The average molecular weight is 475 g/mol. The van der Waals surface area contributed by atoms with Crippen LogP contribution in [-0.4, -0.2) is 44.4 Å². The van der Waals surface area contributed by atoms with Crippen molar-refractivity contribution in [2.75, 3.05) is 0 Å². The molecule has 1 aliphatic carbocycles. The Kier molecular flexibility index (Phi) is 8.05. The minimum Gasteiger partial charge on any atom is -0.353 e. The molecule has 0 aromatic rings. The highest BCUT2D eigenvalue weighted by Crippen LogP contribution is 2.43. The molecule has 1 saturated carbocycles. The van der Waals surface area contributed by atoms with Gasteiger partial charge in [-0.25, -0.2) is 16.8 Å². The van der Waals surface area contributed by atoms with E-state index in [4.69, 9.17) is 0 Å². The van der Waals surface area contributed by atoms with Crippen molar-refractivity contribution in [2.24, 2.45) is 11.8 Å². The second kappa shape index (κ2) is 8.98. The van der Waals surface area contributed by atoms with Gasteiger partial charge in [0, 0.05) is 17.9 Å². The Balaban J connectivity index is 3.60. The molecule has 0 heterocycles. The molecule has 1 amide bonds. The predicted octanol–water partition coefficient (Wildman–Crippen LogP) is 3.29. The van der Waals surface area contributed by atoms with Gasteiger partial charge in [0.1, 0.15) is 0 Å². The number of carbonyl (C=O) groups excluding carboxylic acids is 1. The van der Waals surface area contributed by atoms with Gasteiger partial charge in [-0.1, -0.05) is 33.1 Å². The molecular weight excluding hydrogens is 452 g/mol. The van der Waals surface area contributed by atoms with Crippen LogP contribution in [0.1, 0.15) is 52.4 Å². The van der Waals surface area contributed by atoms with Crippen LogP contribution in [0.4, 0.5) is 26.3 Å². The standard InChI is InChI=1S/C15H23F6NO5S2/c1-3-9(2)12(23)22-11-8-6-4-5-7-10(11)13(28(24,25)14(16,17)18)29(26,27)15(19,20)21/h9-11,13H,3-8H2,1-2H3,(H,22,23). The van der Waals surface area contributed by atoms with Crippen LogP contribution in [0, 0.1) is 11.8 Å². The second-order valence-electron chi connectivity index (χ2n) is 7.08. The fourth-order valence-corrected chi connectivity index (χ4v) is 7.33. The molecule has 1 fully saturated rings. The Morgan fingerprint density at radius 1 is 0.931 bits per heavy atom. The summed E-state index contributed by atoms with van der Waals surface area (Å²) in [5.41, 5.74) is -12.4. The Labute approximate surface area is 165 Å². The molecule has 0 aromatic carbocycles. The van der Waals surface area contributed by atoms with Crippen LogP contribution in [-0.2, 0) is 24.5 Å². The van der Waals surface area contributed by atoms with Crippen LogP contribution in [0.5, 0.6) is 0 Å². The maximum Gasteiger partial charge on any atom is 0.498 e. The maximum atomic E-state index is 13.1. The zero-order valence-corrected chi connectivity index (χ0v) is 17.3. The van der Waals surface area contributed by atoms with Crippen LogP contribution in [0.15, 0.2) is 0 Å². The lowest BCUT2D eigenvalue weighted by atomic mass is 9.95. The topological polar surface area (TPSA) is 97.4 Å². The lowest BCUT2D eigenvalue weighted by molar-refractivity contribution is -0.125. The van der Waals surface area contributed by atoms with Crippen LogP contribution >= 0.6 is 0 Å². The monoisotopic (exact) mass is 475 g/mol. The highest BCUT2D eigenvalue weighted by atomic mass is 32.3. The largest absolute Gasteiger partial charge is 0.498 e. The molecule has 0 saturated heterocycles. The third-order valence-corrected chi connectivity index (χ3v) is 9.80. The molecule has 3 atom stereocenters. The summed E-state index contributed by atoms with van der Waals surface area (Å²) in [6, 6.07) is -1.46. The van der Waals surface area contributed by atoms with Crippen LogP contribution < -0.4 is 5.32 Å². The summed E-state index contributed by atoms with van der Waals surface area (Å²) >= 11 is 0. The van der Waals surface area contributed by atoms with Gasteiger partial charge in [0.15, 0.2) is 4.58 Å². The molecule has 1 aliphatic rings. The van der Waals surface area contributed by atoms with Gasteiger partial charge in [-0.3, -0.25) is 4.79 Å². The highest BCUT2D eigenvalue weighted by molar-refractivity contribution is 8.09. The summed E-state index contributed by atoms with van der Waals surface area (Å²) in [7, 11) is -13.5. The van der Waals surface area contributed by atoms with Crippen LogP contribution in [0.2, 0.25) is 0 Å². The average Bonchev–Trinajstić information content (AvgIpc) is 2.77. The molecule has 0 spiro atoms. The minimum atomic E-state index is -6.75. The normalized spacial score (nSPS) is 23.5. The first-order valence-corrected chi connectivity index (χ1v) is 12.0. The number of amides is 1. The summed E-state index contributed by atoms with van der Waals surface area (Å²) in [5.74, 6) is -3.43. The molecule has 0 aliphatic heterocycles. The van der Waals surface area contributed by atoms with E-state index in [1.807, 2.05) is 0 Å². The predicted molar refractivity (Wildman–Crippen MR) is 91.7 cm³/mol. The maximum absolute atomic E-state index is 13.1. The first kappa shape index (κ1) is 26.0. The number of alkyl halides is 6. The second-order valence-corrected chi connectivity index (χ2v) is 11.5. The Morgan fingerprint density at radius 2 is 1.38 bits per heavy atom. The number of hydrogen-bond donors (Lipinski definition) is 1. The number of nitrogens with one attached hydrogen (secondary N) is 1.